The lowest BCUT2D eigenvalue weighted by Crippen LogP contribution is -2.45. The molecule has 2 N–H and O–H groups in total. The van der Waals surface area contributed by atoms with Crippen molar-refractivity contribution < 1.29 is 14.3 Å². The van der Waals surface area contributed by atoms with E-state index in [1.54, 1.807) is 0 Å². The zero-order chi connectivity index (χ0) is 11.2. The van der Waals surface area contributed by atoms with E-state index < -0.39 is 0 Å². The second kappa shape index (κ2) is 7.87. The van der Waals surface area contributed by atoms with Crippen LogP contribution in [0.5, 0.6) is 0 Å². The summed E-state index contributed by atoms with van der Waals surface area (Å²) in [5.74, 6) is 0.0819. The SMILES string of the molecule is Cl.O=C(CC1COCCN1)NCC1CCCO1. The Kier molecular flexibility index (Phi) is 6.80. The molecule has 0 aromatic heterocycles. The van der Waals surface area contributed by atoms with Crippen molar-refractivity contribution in [3.63, 3.8) is 0 Å². The lowest BCUT2D eigenvalue weighted by molar-refractivity contribution is -0.122. The molecule has 2 heterocycles. The first-order valence-corrected chi connectivity index (χ1v) is 6.04. The van der Waals surface area contributed by atoms with Crippen molar-refractivity contribution >= 4 is 18.3 Å². The van der Waals surface area contributed by atoms with E-state index in [-0.39, 0.29) is 30.5 Å². The fourth-order valence-corrected chi connectivity index (χ4v) is 2.08. The molecule has 0 radical (unpaired) electrons. The number of nitrogens with one attached hydrogen (secondary N) is 2. The number of carbonyl (C=O) groups excluding carboxylic acids is 1. The summed E-state index contributed by atoms with van der Waals surface area (Å²) in [4.78, 5) is 11.6. The Hall–Kier alpha value is -0.360. The topological polar surface area (TPSA) is 59.6 Å². The van der Waals surface area contributed by atoms with Crippen molar-refractivity contribution in [3.8, 4) is 0 Å². The summed E-state index contributed by atoms with van der Waals surface area (Å²) in [5, 5.41) is 6.17. The molecule has 2 unspecified atom stereocenters. The minimum Gasteiger partial charge on any atom is -0.378 e. The van der Waals surface area contributed by atoms with Gasteiger partial charge in [-0.25, -0.2) is 0 Å². The maximum Gasteiger partial charge on any atom is 0.221 e. The minimum atomic E-state index is 0. The van der Waals surface area contributed by atoms with E-state index in [0.29, 0.717) is 19.6 Å². The molecule has 2 rings (SSSR count). The van der Waals surface area contributed by atoms with Gasteiger partial charge in [0.05, 0.1) is 19.3 Å². The molecule has 2 aliphatic rings. The quantitative estimate of drug-likeness (QED) is 0.755. The van der Waals surface area contributed by atoms with Crippen LogP contribution in [0.3, 0.4) is 0 Å². The van der Waals surface area contributed by atoms with E-state index in [1.807, 2.05) is 0 Å². The Morgan fingerprint density at radius 2 is 2.29 bits per heavy atom. The number of morpholine rings is 1. The van der Waals surface area contributed by atoms with Crippen LogP contribution in [0.4, 0.5) is 0 Å². The van der Waals surface area contributed by atoms with Gasteiger partial charge in [-0.1, -0.05) is 0 Å². The zero-order valence-electron chi connectivity index (χ0n) is 9.94. The van der Waals surface area contributed by atoms with E-state index in [4.69, 9.17) is 9.47 Å². The summed E-state index contributed by atoms with van der Waals surface area (Å²) in [5.41, 5.74) is 0. The highest BCUT2D eigenvalue weighted by molar-refractivity contribution is 5.85. The van der Waals surface area contributed by atoms with Gasteiger partial charge in [-0.15, -0.1) is 12.4 Å². The van der Waals surface area contributed by atoms with E-state index in [0.717, 1.165) is 32.6 Å². The normalized spacial score (nSPS) is 28.5. The van der Waals surface area contributed by atoms with Gasteiger partial charge in [-0.05, 0) is 12.8 Å². The summed E-state index contributed by atoms with van der Waals surface area (Å²) in [7, 11) is 0. The molecule has 1 amide bonds. The highest BCUT2D eigenvalue weighted by Crippen LogP contribution is 2.10. The summed E-state index contributed by atoms with van der Waals surface area (Å²) in [6.45, 7) is 3.69. The Morgan fingerprint density at radius 1 is 1.41 bits per heavy atom. The van der Waals surface area contributed by atoms with Crippen LogP contribution in [0.1, 0.15) is 19.3 Å². The molecule has 100 valence electrons. The van der Waals surface area contributed by atoms with Gasteiger partial charge in [0.25, 0.3) is 0 Å². The largest absolute Gasteiger partial charge is 0.378 e. The molecular weight excluding hydrogens is 244 g/mol. The Labute approximate surface area is 108 Å². The summed E-state index contributed by atoms with van der Waals surface area (Å²) < 4.78 is 10.7. The minimum absolute atomic E-state index is 0. The standard InChI is InChI=1S/C11H20N2O3.ClH/c14-11(6-9-8-15-5-3-12-9)13-7-10-2-1-4-16-10;/h9-10,12H,1-8H2,(H,13,14);1H. The third-order valence-corrected chi connectivity index (χ3v) is 2.98. The fraction of sp³-hybridized carbons (Fsp3) is 0.909. The van der Waals surface area contributed by atoms with Crippen LogP contribution in [0.25, 0.3) is 0 Å². The predicted octanol–water partition coefficient (Wildman–Crippen LogP) is 0.0819. The molecule has 0 aliphatic carbocycles. The van der Waals surface area contributed by atoms with Gasteiger partial charge < -0.3 is 20.1 Å². The van der Waals surface area contributed by atoms with Crippen molar-refractivity contribution in [1.82, 2.24) is 10.6 Å². The van der Waals surface area contributed by atoms with Crippen LogP contribution in [0, 0.1) is 0 Å². The van der Waals surface area contributed by atoms with Gasteiger partial charge in [-0.3, -0.25) is 4.79 Å². The van der Waals surface area contributed by atoms with E-state index in [9.17, 15) is 4.79 Å². The molecule has 2 atom stereocenters. The smallest absolute Gasteiger partial charge is 0.221 e. The molecular formula is C11H21ClN2O3. The van der Waals surface area contributed by atoms with Crippen LogP contribution in [0.2, 0.25) is 0 Å². The number of hydrogen-bond acceptors (Lipinski definition) is 4. The molecule has 2 aliphatic heterocycles. The molecule has 0 bridgehead atoms. The first kappa shape index (κ1) is 14.7. The molecule has 0 aromatic carbocycles. The number of amides is 1. The van der Waals surface area contributed by atoms with Gasteiger partial charge in [0.15, 0.2) is 0 Å². The molecule has 0 aromatic rings. The average molecular weight is 265 g/mol. The number of hydrogen-bond donors (Lipinski definition) is 2. The van der Waals surface area contributed by atoms with Crippen LogP contribution in [0.15, 0.2) is 0 Å². The van der Waals surface area contributed by atoms with Crippen LogP contribution < -0.4 is 10.6 Å². The maximum absolute atomic E-state index is 11.6. The predicted molar refractivity (Wildman–Crippen MR) is 66.5 cm³/mol. The number of carbonyl (C=O) groups is 1. The second-order valence-electron chi connectivity index (χ2n) is 4.37. The van der Waals surface area contributed by atoms with Crippen LogP contribution in [-0.2, 0) is 14.3 Å². The zero-order valence-corrected chi connectivity index (χ0v) is 10.8. The molecule has 2 fully saturated rings. The van der Waals surface area contributed by atoms with Crippen molar-refractivity contribution in [2.75, 3.05) is 32.9 Å². The maximum atomic E-state index is 11.6. The van der Waals surface area contributed by atoms with Gasteiger partial charge in [-0.2, -0.15) is 0 Å². The van der Waals surface area contributed by atoms with Crippen molar-refractivity contribution in [2.24, 2.45) is 0 Å². The molecule has 2 saturated heterocycles. The third-order valence-electron chi connectivity index (χ3n) is 2.98. The monoisotopic (exact) mass is 264 g/mol. The first-order valence-electron chi connectivity index (χ1n) is 6.04. The summed E-state index contributed by atoms with van der Waals surface area (Å²) in [6.07, 6.45) is 2.88. The van der Waals surface area contributed by atoms with Gasteiger partial charge >= 0.3 is 0 Å². The fourth-order valence-electron chi connectivity index (χ4n) is 2.08. The Morgan fingerprint density at radius 3 is 2.94 bits per heavy atom. The highest BCUT2D eigenvalue weighted by Gasteiger charge is 2.19. The van der Waals surface area contributed by atoms with E-state index in [1.165, 1.54) is 0 Å². The van der Waals surface area contributed by atoms with Gasteiger partial charge in [0.2, 0.25) is 5.91 Å². The van der Waals surface area contributed by atoms with Crippen molar-refractivity contribution in [3.05, 3.63) is 0 Å². The lowest BCUT2D eigenvalue weighted by Gasteiger charge is -2.23. The summed E-state index contributed by atoms with van der Waals surface area (Å²) >= 11 is 0. The van der Waals surface area contributed by atoms with Crippen LogP contribution in [-0.4, -0.2) is 51.0 Å². The van der Waals surface area contributed by atoms with Crippen molar-refractivity contribution in [1.29, 1.82) is 0 Å². The Balaban J connectivity index is 0.00000144. The highest BCUT2D eigenvalue weighted by atomic mass is 35.5. The molecule has 6 heteroatoms. The van der Waals surface area contributed by atoms with Crippen LogP contribution >= 0.6 is 12.4 Å². The number of ether oxygens (including phenoxy) is 2. The lowest BCUT2D eigenvalue weighted by atomic mass is 10.2. The number of rotatable bonds is 4. The third kappa shape index (κ3) is 5.21. The average Bonchev–Trinajstić information content (AvgIpc) is 2.81. The molecule has 5 nitrogen and oxygen atoms in total. The summed E-state index contributed by atoms with van der Waals surface area (Å²) in [6, 6.07) is 0.165. The van der Waals surface area contributed by atoms with E-state index >= 15 is 0 Å². The molecule has 17 heavy (non-hydrogen) atoms. The van der Waals surface area contributed by atoms with Gasteiger partial charge in [0.1, 0.15) is 0 Å². The molecule has 0 saturated carbocycles. The first-order chi connectivity index (χ1) is 7.84. The second-order valence-corrected chi connectivity index (χ2v) is 4.37. The van der Waals surface area contributed by atoms with Crippen molar-refractivity contribution in [2.45, 2.75) is 31.4 Å². The molecule has 0 spiro atoms. The Bertz CT molecular complexity index is 229. The van der Waals surface area contributed by atoms with E-state index in [2.05, 4.69) is 10.6 Å². The number of halogens is 1. The van der Waals surface area contributed by atoms with Gasteiger partial charge in [0, 0.05) is 32.2 Å².